The molecule has 0 unspecified atom stereocenters. The van der Waals surface area contributed by atoms with Gasteiger partial charge in [0.15, 0.2) is 0 Å². The number of nitrogens with zero attached hydrogens (tertiary/aromatic N) is 2. The predicted molar refractivity (Wildman–Crippen MR) is 55.5 cm³/mol. The van der Waals surface area contributed by atoms with E-state index in [2.05, 4.69) is 36.8 Å². The summed E-state index contributed by atoms with van der Waals surface area (Å²) in [5.74, 6) is 0. The van der Waals surface area contributed by atoms with Crippen LogP contribution in [-0.2, 0) is 3.36 Å². The van der Waals surface area contributed by atoms with Gasteiger partial charge in [-0.05, 0) is 19.1 Å². The van der Waals surface area contributed by atoms with E-state index in [1.807, 2.05) is 0 Å². The van der Waals surface area contributed by atoms with Crippen molar-refractivity contribution in [3.63, 3.8) is 0 Å². The first kappa shape index (κ1) is 10.6. The average molecular weight is 310 g/mol. The smallest absolute Gasteiger partial charge is 0.262 e. The number of aryl methyl sites for hydroxylation is 1. The van der Waals surface area contributed by atoms with Crippen molar-refractivity contribution in [1.82, 2.24) is 4.98 Å². The van der Waals surface area contributed by atoms with Gasteiger partial charge in [-0.15, -0.1) is 0 Å². The summed E-state index contributed by atoms with van der Waals surface area (Å²) in [4.78, 5) is 14.1. The summed E-state index contributed by atoms with van der Waals surface area (Å²) in [7, 11) is 0. The number of alkyl halides is 2. The molecular weight excluding hydrogens is 304 g/mol. The molecule has 6 heteroatoms. The highest BCUT2D eigenvalue weighted by molar-refractivity contribution is 9.24. The Morgan fingerprint density at radius 1 is 1.62 bits per heavy atom. The third-order valence-corrected chi connectivity index (χ3v) is 2.97. The first-order chi connectivity index (χ1) is 5.94. The minimum absolute atomic E-state index is 0.457. The first-order valence-corrected chi connectivity index (χ1v) is 4.98. The minimum Gasteiger partial charge on any atom is -0.262 e. The Bertz CT molecular complexity index is 341. The van der Waals surface area contributed by atoms with Crippen molar-refractivity contribution in [3.05, 3.63) is 39.7 Å². The lowest BCUT2D eigenvalue weighted by atomic mass is 10.2. The van der Waals surface area contributed by atoms with Gasteiger partial charge in [-0.3, -0.25) is 15.1 Å². The van der Waals surface area contributed by atoms with Gasteiger partial charge < -0.3 is 0 Å². The molecule has 0 atom stereocenters. The molecule has 1 aromatic rings. The molecule has 0 fully saturated rings. The van der Waals surface area contributed by atoms with E-state index in [-0.39, 0.29) is 0 Å². The van der Waals surface area contributed by atoms with Crippen LogP contribution >= 0.6 is 31.9 Å². The standard InChI is InChI=1S/C7H6Br2N2O2/c1-5-4-6(2-3-10-5)7(8,9)11(12)13/h2-4H,1H3. The Morgan fingerprint density at radius 3 is 2.69 bits per heavy atom. The molecular formula is C7H6Br2N2O2. The summed E-state index contributed by atoms with van der Waals surface area (Å²) < 4.78 is -1.41. The summed E-state index contributed by atoms with van der Waals surface area (Å²) in [6.45, 7) is 1.78. The van der Waals surface area contributed by atoms with E-state index >= 15 is 0 Å². The molecule has 1 aromatic heterocycles. The van der Waals surface area contributed by atoms with Gasteiger partial charge in [0.2, 0.25) is 0 Å². The van der Waals surface area contributed by atoms with E-state index in [1.165, 1.54) is 6.20 Å². The van der Waals surface area contributed by atoms with Crippen LogP contribution in [0.4, 0.5) is 0 Å². The number of hydrogen-bond donors (Lipinski definition) is 0. The van der Waals surface area contributed by atoms with Gasteiger partial charge in [0.25, 0.3) is 0 Å². The van der Waals surface area contributed by atoms with E-state index < -0.39 is 8.28 Å². The number of aromatic nitrogens is 1. The number of halogens is 2. The molecule has 1 rings (SSSR count). The van der Waals surface area contributed by atoms with E-state index in [1.54, 1.807) is 19.1 Å². The Balaban J connectivity index is 3.14. The zero-order valence-corrected chi connectivity index (χ0v) is 9.87. The Labute approximate surface area is 91.8 Å². The van der Waals surface area contributed by atoms with Crippen LogP contribution in [0.1, 0.15) is 11.3 Å². The monoisotopic (exact) mass is 308 g/mol. The molecule has 4 nitrogen and oxygen atoms in total. The maximum absolute atomic E-state index is 10.6. The van der Waals surface area contributed by atoms with E-state index in [4.69, 9.17) is 0 Å². The van der Waals surface area contributed by atoms with Crippen LogP contribution in [0.25, 0.3) is 0 Å². The molecule has 0 aromatic carbocycles. The molecule has 0 N–H and O–H groups in total. The number of hydrogen-bond acceptors (Lipinski definition) is 3. The third-order valence-electron chi connectivity index (χ3n) is 1.47. The molecule has 1 heterocycles. The first-order valence-electron chi connectivity index (χ1n) is 3.40. The van der Waals surface area contributed by atoms with Crippen molar-refractivity contribution >= 4 is 31.9 Å². The topological polar surface area (TPSA) is 56.0 Å². The average Bonchev–Trinajstić information content (AvgIpc) is 2.04. The van der Waals surface area contributed by atoms with Gasteiger partial charge in [-0.2, -0.15) is 0 Å². The van der Waals surface area contributed by atoms with E-state index in [0.29, 0.717) is 5.56 Å². The summed E-state index contributed by atoms with van der Waals surface area (Å²) in [5, 5.41) is 10.6. The van der Waals surface area contributed by atoms with Crippen LogP contribution in [0.3, 0.4) is 0 Å². The maximum atomic E-state index is 10.6. The second-order valence-electron chi connectivity index (χ2n) is 2.48. The minimum atomic E-state index is -1.41. The zero-order chi connectivity index (χ0) is 10.1. The van der Waals surface area contributed by atoms with Gasteiger partial charge in [0.1, 0.15) is 0 Å². The SMILES string of the molecule is Cc1cc(C(Br)(Br)[N+](=O)[O-])ccn1. The van der Waals surface area contributed by atoms with Crippen LogP contribution < -0.4 is 0 Å². The highest BCUT2D eigenvalue weighted by Gasteiger charge is 2.38. The van der Waals surface area contributed by atoms with Gasteiger partial charge in [0, 0.05) is 43.8 Å². The molecule has 0 spiro atoms. The van der Waals surface area contributed by atoms with Crippen LogP contribution in [0, 0.1) is 17.0 Å². The lowest BCUT2D eigenvalue weighted by Gasteiger charge is -2.11. The summed E-state index contributed by atoms with van der Waals surface area (Å²) in [6.07, 6.45) is 1.53. The second-order valence-corrected chi connectivity index (χ2v) is 5.84. The van der Waals surface area contributed by atoms with Crippen molar-refractivity contribution in [1.29, 1.82) is 0 Å². The predicted octanol–water partition coefficient (Wildman–Crippen LogP) is 2.57. The molecule has 0 saturated heterocycles. The molecule has 0 amide bonds. The third kappa shape index (κ3) is 2.25. The molecule has 0 aliphatic rings. The molecule has 0 aliphatic heterocycles. The van der Waals surface area contributed by atoms with Crippen molar-refractivity contribution in [3.8, 4) is 0 Å². The van der Waals surface area contributed by atoms with Gasteiger partial charge in [-0.1, -0.05) is 0 Å². The van der Waals surface area contributed by atoms with Crippen LogP contribution in [0.15, 0.2) is 18.3 Å². The van der Waals surface area contributed by atoms with Crippen LogP contribution in [0.2, 0.25) is 0 Å². The molecule has 13 heavy (non-hydrogen) atoms. The van der Waals surface area contributed by atoms with E-state index in [9.17, 15) is 10.1 Å². The molecule has 0 aliphatic carbocycles. The van der Waals surface area contributed by atoms with E-state index in [0.717, 1.165) is 5.69 Å². The zero-order valence-electron chi connectivity index (χ0n) is 6.70. The fourth-order valence-corrected chi connectivity index (χ4v) is 1.33. The van der Waals surface area contributed by atoms with Gasteiger partial charge in [0.05, 0.1) is 10.5 Å². The fraction of sp³-hybridized carbons (Fsp3) is 0.286. The summed E-state index contributed by atoms with van der Waals surface area (Å²) in [5.41, 5.74) is 1.26. The van der Waals surface area contributed by atoms with Gasteiger partial charge in [-0.25, -0.2) is 0 Å². The van der Waals surface area contributed by atoms with Gasteiger partial charge >= 0.3 is 3.36 Å². The van der Waals surface area contributed by atoms with Crippen molar-refractivity contribution in [2.75, 3.05) is 0 Å². The summed E-state index contributed by atoms with van der Waals surface area (Å²) in [6, 6.07) is 3.23. The lowest BCUT2D eigenvalue weighted by Crippen LogP contribution is -2.20. The Morgan fingerprint density at radius 2 is 2.23 bits per heavy atom. The highest BCUT2D eigenvalue weighted by atomic mass is 79.9. The number of pyridine rings is 1. The Hall–Kier alpha value is -0.490. The number of rotatable bonds is 2. The largest absolute Gasteiger partial charge is 0.352 e. The molecule has 0 saturated carbocycles. The summed E-state index contributed by atoms with van der Waals surface area (Å²) >= 11 is 5.96. The quantitative estimate of drug-likeness (QED) is 0.365. The van der Waals surface area contributed by atoms with Crippen molar-refractivity contribution in [2.24, 2.45) is 0 Å². The normalized spacial score (nSPS) is 11.3. The Kier molecular flexibility index (Phi) is 3.02. The maximum Gasteiger partial charge on any atom is 0.352 e. The second kappa shape index (κ2) is 3.71. The fourth-order valence-electron chi connectivity index (χ4n) is 0.838. The van der Waals surface area contributed by atoms with Crippen LogP contribution in [0.5, 0.6) is 0 Å². The van der Waals surface area contributed by atoms with Crippen LogP contribution in [-0.4, -0.2) is 9.91 Å². The molecule has 0 bridgehead atoms. The van der Waals surface area contributed by atoms with Crippen molar-refractivity contribution in [2.45, 2.75) is 10.3 Å². The molecule has 70 valence electrons. The number of nitro groups is 1. The van der Waals surface area contributed by atoms with Crippen molar-refractivity contribution < 1.29 is 4.92 Å². The lowest BCUT2D eigenvalue weighted by molar-refractivity contribution is -0.510. The molecule has 0 radical (unpaired) electrons. The highest BCUT2D eigenvalue weighted by Crippen LogP contribution is 2.38.